The van der Waals surface area contributed by atoms with Crippen LogP contribution in [0.3, 0.4) is 0 Å². The number of methoxy groups -OCH3 is 2. The Labute approximate surface area is 160 Å². The van der Waals surface area contributed by atoms with Crippen LogP contribution in [0.5, 0.6) is 11.5 Å². The van der Waals surface area contributed by atoms with Crippen LogP contribution in [0.2, 0.25) is 0 Å². The molecule has 1 amide bonds. The minimum absolute atomic E-state index is 0.0209. The average Bonchev–Trinajstić information content (AvgIpc) is 2.74. The van der Waals surface area contributed by atoms with Crippen LogP contribution in [0.15, 0.2) is 42.5 Å². The Morgan fingerprint density at radius 3 is 2.22 bits per heavy atom. The van der Waals surface area contributed by atoms with Crippen molar-refractivity contribution in [1.29, 1.82) is 0 Å². The normalized spacial score (nSPS) is 23.7. The zero-order chi connectivity index (χ0) is 18.8. The topological polar surface area (TPSA) is 50.8 Å². The molecular formula is C22H26N2O3. The van der Waals surface area contributed by atoms with Crippen molar-refractivity contribution in [2.75, 3.05) is 33.9 Å². The summed E-state index contributed by atoms with van der Waals surface area (Å²) in [6.45, 7) is 3.34. The van der Waals surface area contributed by atoms with Crippen LogP contribution in [-0.4, -0.2) is 50.7 Å². The van der Waals surface area contributed by atoms with Crippen molar-refractivity contribution in [3.8, 4) is 22.6 Å². The van der Waals surface area contributed by atoms with Crippen molar-refractivity contribution in [3.05, 3.63) is 48.0 Å². The van der Waals surface area contributed by atoms with Gasteiger partial charge >= 0.3 is 0 Å². The number of carbonyl (C=O) groups excluding carboxylic acids is 1. The van der Waals surface area contributed by atoms with Crippen LogP contribution >= 0.6 is 0 Å². The molecule has 3 aliphatic rings. The Morgan fingerprint density at radius 1 is 0.963 bits per heavy atom. The predicted molar refractivity (Wildman–Crippen MR) is 105 cm³/mol. The molecule has 1 N–H and O–H groups in total. The van der Waals surface area contributed by atoms with Gasteiger partial charge in [0.2, 0.25) is 0 Å². The Morgan fingerprint density at radius 2 is 1.63 bits per heavy atom. The van der Waals surface area contributed by atoms with Gasteiger partial charge in [0.15, 0.2) is 11.5 Å². The highest BCUT2D eigenvalue weighted by molar-refractivity contribution is 5.95. The fourth-order valence-electron chi connectivity index (χ4n) is 4.21. The number of nitrogens with zero attached hydrogens (tertiary/aromatic N) is 1. The molecule has 3 fully saturated rings. The summed E-state index contributed by atoms with van der Waals surface area (Å²) in [6, 6.07) is 13.9. The first-order valence-electron chi connectivity index (χ1n) is 9.53. The molecule has 2 bridgehead atoms. The van der Waals surface area contributed by atoms with Crippen molar-refractivity contribution in [2.24, 2.45) is 5.92 Å². The smallest absolute Gasteiger partial charge is 0.251 e. The van der Waals surface area contributed by atoms with Crippen LogP contribution in [-0.2, 0) is 0 Å². The molecule has 0 aromatic heterocycles. The number of piperidine rings is 3. The molecule has 1 unspecified atom stereocenters. The maximum atomic E-state index is 12.7. The SMILES string of the molecule is COc1ccc(-c2ccc(C(=O)NC3CN4CCC3CC4)cc2)cc1OC. The standard InChI is InChI=1S/C22H26N2O3/c1-26-20-8-7-18(13-21(20)27-2)15-3-5-17(6-4-15)22(25)23-19-14-24-11-9-16(19)10-12-24/h3-8,13,16,19H,9-12,14H2,1-2H3,(H,23,25). The molecule has 5 heteroatoms. The second kappa shape index (κ2) is 7.61. The monoisotopic (exact) mass is 366 g/mol. The first kappa shape index (κ1) is 17.9. The molecule has 5 nitrogen and oxygen atoms in total. The van der Waals surface area contributed by atoms with E-state index in [0.29, 0.717) is 23.0 Å². The maximum absolute atomic E-state index is 12.7. The summed E-state index contributed by atoms with van der Waals surface area (Å²) in [5, 5.41) is 3.24. The van der Waals surface area contributed by atoms with Crippen molar-refractivity contribution >= 4 is 5.91 Å². The van der Waals surface area contributed by atoms with Crippen molar-refractivity contribution in [2.45, 2.75) is 18.9 Å². The van der Waals surface area contributed by atoms with Crippen LogP contribution in [0.4, 0.5) is 0 Å². The third-order valence-electron chi connectivity index (χ3n) is 5.84. The number of nitrogens with one attached hydrogen (secondary N) is 1. The summed E-state index contributed by atoms with van der Waals surface area (Å²) in [6.07, 6.45) is 2.40. The molecule has 1 atom stereocenters. The zero-order valence-electron chi connectivity index (χ0n) is 15.9. The molecule has 0 radical (unpaired) electrons. The van der Waals surface area contributed by atoms with Crippen molar-refractivity contribution < 1.29 is 14.3 Å². The van der Waals surface area contributed by atoms with E-state index in [0.717, 1.165) is 17.7 Å². The number of carbonyl (C=O) groups is 1. The molecule has 0 saturated carbocycles. The van der Waals surface area contributed by atoms with Gasteiger partial charge in [0.1, 0.15) is 0 Å². The van der Waals surface area contributed by atoms with Gasteiger partial charge in [0, 0.05) is 18.2 Å². The van der Waals surface area contributed by atoms with E-state index in [9.17, 15) is 4.79 Å². The van der Waals surface area contributed by atoms with E-state index in [1.54, 1.807) is 14.2 Å². The fourth-order valence-corrected chi connectivity index (χ4v) is 4.21. The lowest BCUT2D eigenvalue weighted by molar-refractivity contribution is 0.0620. The van der Waals surface area contributed by atoms with E-state index < -0.39 is 0 Å². The number of ether oxygens (including phenoxy) is 2. The lowest BCUT2D eigenvalue weighted by atomic mass is 9.84. The number of amides is 1. The van der Waals surface area contributed by atoms with Gasteiger partial charge in [-0.1, -0.05) is 18.2 Å². The van der Waals surface area contributed by atoms with Crippen LogP contribution < -0.4 is 14.8 Å². The van der Waals surface area contributed by atoms with Crippen LogP contribution in [0.25, 0.3) is 11.1 Å². The van der Waals surface area contributed by atoms with Crippen LogP contribution in [0, 0.1) is 5.92 Å². The Kier molecular flexibility index (Phi) is 5.03. The van der Waals surface area contributed by atoms with E-state index in [1.165, 1.54) is 25.9 Å². The highest BCUT2D eigenvalue weighted by atomic mass is 16.5. The molecule has 27 heavy (non-hydrogen) atoms. The molecule has 0 spiro atoms. The maximum Gasteiger partial charge on any atom is 0.251 e. The fraction of sp³-hybridized carbons (Fsp3) is 0.409. The summed E-state index contributed by atoms with van der Waals surface area (Å²) >= 11 is 0. The lowest BCUT2D eigenvalue weighted by Crippen LogP contribution is -2.57. The molecule has 3 heterocycles. The summed E-state index contributed by atoms with van der Waals surface area (Å²) in [5.41, 5.74) is 2.77. The molecule has 3 aliphatic heterocycles. The second-order valence-electron chi connectivity index (χ2n) is 7.37. The Balaban J connectivity index is 1.46. The van der Waals surface area contributed by atoms with Gasteiger partial charge in [-0.2, -0.15) is 0 Å². The largest absolute Gasteiger partial charge is 0.493 e. The van der Waals surface area contributed by atoms with Crippen molar-refractivity contribution in [3.63, 3.8) is 0 Å². The average molecular weight is 366 g/mol. The van der Waals surface area contributed by atoms with Gasteiger partial charge < -0.3 is 19.7 Å². The molecule has 5 rings (SSSR count). The minimum atomic E-state index is 0.0209. The Bertz CT molecular complexity index is 811. The molecule has 2 aromatic rings. The number of hydrogen-bond acceptors (Lipinski definition) is 4. The van der Waals surface area contributed by atoms with Gasteiger partial charge in [0.25, 0.3) is 5.91 Å². The highest BCUT2D eigenvalue weighted by Gasteiger charge is 2.34. The highest BCUT2D eigenvalue weighted by Crippen LogP contribution is 2.32. The van der Waals surface area contributed by atoms with E-state index >= 15 is 0 Å². The molecule has 3 saturated heterocycles. The second-order valence-corrected chi connectivity index (χ2v) is 7.37. The summed E-state index contributed by atoms with van der Waals surface area (Å²) in [5.74, 6) is 2.05. The lowest BCUT2D eigenvalue weighted by Gasteiger charge is -2.44. The first-order chi connectivity index (χ1) is 13.2. The first-order valence-corrected chi connectivity index (χ1v) is 9.53. The molecule has 2 aromatic carbocycles. The molecule has 142 valence electrons. The third kappa shape index (κ3) is 3.65. The van der Waals surface area contributed by atoms with E-state index in [2.05, 4.69) is 10.2 Å². The van der Waals surface area contributed by atoms with Gasteiger partial charge in [-0.15, -0.1) is 0 Å². The van der Waals surface area contributed by atoms with E-state index in [-0.39, 0.29) is 11.9 Å². The van der Waals surface area contributed by atoms with Gasteiger partial charge in [-0.25, -0.2) is 0 Å². The zero-order valence-corrected chi connectivity index (χ0v) is 15.9. The number of fused-ring (bicyclic) bond motifs is 3. The quantitative estimate of drug-likeness (QED) is 0.883. The number of hydrogen-bond donors (Lipinski definition) is 1. The summed E-state index contributed by atoms with van der Waals surface area (Å²) < 4.78 is 10.7. The number of benzene rings is 2. The van der Waals surface area contributed by atoms with Crippen LogP contribution in [0.1, 0.15) is 23.2 Å². The summed E-state index contributed by atoms with van der Waals surface area (Å²) in [7, 11) is 3.25. The van der Waals surface area contributed by atoms with Gasteiger partial charge in [0.05, 0.1) is 14.2 Å². The molecular weight excluding hydrogens is 340 g/mol. The van der Waals surface area contributed by atoms with Gasteiger partial charge in [-0.05, 0) is 67.2 Å². The molecule has 0 aliphatic carbocycles. The van der Waals surface area contributed by atoms with Crippen molar-refractivity contribution in [1.82, 2.24) is 10.2 Å². The van der Waals surface area contributed by atoms with E-state index in [1.807, 2.05) is 42.5 Å². The third-order valence-corrected chi connectivity index (χ3v) is 5.84. The van der Waals surface area contributed by atoms with Gasteiger partial charge in [-0.3, -0.25) is 4.79 Å². The predicted octanol–water partition coefficient (Wildman–Crippen LogP) is 3.19. The Hall–Kier alpha value is -2.53. The number of rotatable bonds is 5. The van der Waals surface area contributed by atoms with E-state index in [4.69, 9.17) is 9.47 Å². The minimum Gasteiger partial charge on any atom is -0.493 e. The summed E-state index contributed by atoms with van der Waals surface area (Å²) in [4.78, 5) is 15.1.